The van der Waals surface area contributed by atoms with E-state index in [1.807, 2.05) is 0 Å². The molecule has 1 fully saturated rings. The van der Waals surface area contributed by atoms with Gasteiger partial charge >= 0.3 is 0 Å². The SMILES string of the molecule is CN1CCc2cc(CNC3CCCCC3CO)ccc21. The van der Waals surface area contributed by atoms with Gasteiger partial charge in [-0.15, -0.1) is 0 Å². The fourth-order valence-electron chi connectivity index (χ4n) is 3.67. The van der Waals surface area contributed by atoms with Crippen molar-refractivity contribution in [2.45, 2.75) is 44.7 Å². The first-order valence-electron chi connectivity index (χ1n) is 7.95. The van der Waals surface area contributed by atoms with E-state index in [1.165, 1.54) is 48.9 Å². The molecule has 3 rings (SSSR count). The maximum atomic E-state index is 9.47. The zero-order chi connectivity index (χ0) is 13.9. The van der Waals surface area contributed by atoms with E-state index in [1.54, 1.807) is 0 Å². The Hall–Kier alpha value is -1.06. The number of nitrogens with one attached hydrogen (secondary N) is 1. The minimum absolute atomic E-state index is 0.326. The molecule has 110 valence electrons. The number of hydrogen-bond acceptors (Lipinski definition) is 3. The number of anilines is 1. The fourth-order valence-corrected chi connectivity index (χ4v) is 3.67. The second-order valence-corrected chi connectivity index (χ2v) is 6.35. The fraction of sp³-hybridized carbons (Fsp3) is 0.647. The van der Waals surface area contributed by atoms with Crippen LogP contribution in [0.25, 0.3) is 0 Å². The maximum Gasteiger partial charge on any atom is 0.0474 e. The van der Waals surface area contributed by atoms with Gasteiger partial charge in [0, 0.05) is 38.5 Å². The van der Waals surface area contributed by atoms with Crippen LogP contribution in [0.3, 0.4) is 0 Å². The molecule has 0 amide bonds. The second-order valence-electron chi connectivity index (χ2n) is 6.35. The molecule has 1 aromatic rings. The molecule has 2 unspecified atom stereocenters. The van der Waals surface area contributed by atoms with Crippen LogP contribution in [0.5, 0.6) is 0 Å². The van der Waals surface area contributed by atoms with E-state index in [-0.39, 0.29) is 0 Å². The molecule has 0 radical (unpaired) electrons. The molecule has 1 saturated carbocycles. The van der Waals surface area contributed by atoms with E-state index in [2.05, 4.69) is 35.5 Å². The van der Waals surface area contributed by atoms with Gasteiger partial charge in [-0.2, -0.15) is 0 Å². The highest BCUT2D eigenvalue weighted by Gasteiger charge is 2.24. The molecule has 0 bridgehead atoms. The molecule has 0 saturated heterocycles. The molecule has 1 aliphatic heterocycles. The van der Waals surface area contributed by atoms with Crippen LogP contribution in [0.1, 0.15) is 36.8 Å². The smallest absolute Gasteiger partial charge is 0.0474 e. The molecule has 20 heavy (non-hydrogen) atoms. The average molecular weight is 274 g/mol. The third-order valence-electron chi connectivity index (χ3n) is 4.98. The van der Waals surface area contributed by atoms with Crippen molar-refractivity contribution in [1.29, 1.82) is 0 Å². The Morgan fingerprint density at radius 3 is 3.00 bits per heavy atom. The highest BCUT2D eigenvalue weighted by atomic mass is 16.3. The van der Waals surface area contributed by atoms with Crippen LogP contribution in [-0.4, -0.2) is 31.3 Å². The predicted octanol–water partition coefficient (Wildman–Crippen LogP) is 2.32. The van der Waals surface area contributed by atoms with Crippen LogP contribution in [-0.2, 0) is 13.0 Å². The van der Waals surface area contributed by atoms with E-state index in [4.69, 9.17) is 0 Å². The third kappa shape index (κ3) is 2.84. The van der Waals surface area contributed by atoms with Crippen molar-refractivity contribution in [3.63, 3.8) is 0 Å². The van der Waals surface area contributed by atoms with Crippen LogP contribution < -0.4 is 10.2 Å². The highest BCUT2D eigenvalue weighted by molar-refractivity contribution is 5.58. The molecule has 1 heterocycles. The first-order chi connectivity index (χ1) is 9.78. The van der Waals surface area contributed by atoms with Gasteiger partial charge in [-0.3, -0.25) is 0 Å². The van der Waals surface area contributed by atoms with Gasteiger partial charge in [0.1, 0.15) is 0 Å². The molecule has 2 atom stereocenters. The monoisotopic (exact) mass is 274 g/mol. The Morgan fingerprint density at radius 1 is 1.30 bits per heavy atom. The molecule has 1 aromatic carbocycles. The largest absolute Gasteiger partial charge is 0.396 e. The third-order valence-corrected chi connectivity index (χ3v) is 4.98. The van der Waals surface area contributed by atoms with Crippen molar-refractivity contribution in [1.82, 2.24) is 5.32 Å². The molecule has 1 aliphatic carbocycles. The zero-order valence-corrected chi connectivity index (χ0v) is 12.4. The van der Waals surface area contributed by atoms with Gasteiger partial charge < -0.3 is 15.3 Å². The lowest BCUT2D eigenvalue weighted by atomic mass is 9.85. The summed E-state index contributed by atoms with van der Waals surface area (Å²) in [6, 6.07) is 7.33. The van der Waals surface area contributed by atoms with Crippen molar-refractivity contribution in [3.05, 3.63) is 29.3 Å². The summed E-state index contributed by atoms with van der Waals surface area (Å²) in [6.07, 6.45) is 6.11. The lowest BCUT2D eigenvalue weighted by molar-refractivity contribution is 0.152. The molecule has 2 aliphatic rings. The minimum atomic E-state index is 0.326. The Morgan fingerprint density at radius 2 is 2.15 bits per heavy atom. The Labute approximate surface area is 122 Å². The van der Waals surface area contributed by atoms with Gasteiger partial charge in [0.25, 0.3) is 0 Å². The lowest BCUT2D eigenvalue weighted by Gasteiger charge is -2.31. The summed E-state index contributed by atoms with van der Waals surface area (Å²) in [6.45, 7) is 2.40. The number of likely N-dealkylation sites (N-methyl/N-ethyl adjacent to an activating group) is 1. The van der Waals surface area contributed by atoms with E-state index < -0.39 is 0 Å². The molecular weight excluding hydrogens is 248 g/mol. The van der Waals surface area contributed by atoms with Crippen LogP contribution >= 0.6 is 0 Å². The summed E-state index contributed by atoms with van der Waals surface area (Å²) in [5.41, 5.74) is 4.25. The standard InChI is InChI=1S/C17H26N2O/c1-19-9-8-14-10-13(6-7-17(14)19)11-18-16-5-3-2-4-15(16)12-20/h6-7,10,15-16,18,20H,2-5,8-9,11-12H2,1H3. The number of aliphatic hydroxyl groups is 1. The first-order valence-corrected chi connectivity index (χ1v) is 7.95. The first kappa shape index (κ1) is 13.9. The molecule has 0 spiro atoms. The average Bonchev–Trinajstić information content (AvgIpc) is 2.86. The molecule has 3 nitrogen and oxygen atoms in total. The van der Waals surface area contributed by atoms with Crippen molar-refractivity contribution in [2.75, 3.05) is 25.1 Å². The van der Waals surface area contributed by atoms with Crippen LogP contribution in [0.4, 0.5) is 5.69 Å². The van der Waals surface area contributed by atoms with Gasteiger partial charge in [-0.1, -0.05) is 25.0 Å². The number of nitrogens with zero attached hydrogens (tertiary/aromatic N) is 1. The minimum Gasteiger partial charge on any atom is -0.396 e. The van der Waals surface area contributed by atoms with Crippen LogP contribution in [0, 0.1) is 5.92 Å². The van der Waals surface area contributed by atoms with Gasteiger partial charge in [-0.05, 0) is 42.4 Å². The molecule has 2 N–H and O–H groups in total. The highest BCUT2D eigenvalue weighted by Crippen LogP contribution is 2.28. The second kappa shape index (κ2) is 6.15. The van der Waals surface area contributed by atoms with Crippen molar-refractivity contribution in [2.24, 2.45) is 5.92 Å². The lowest BCUT2D eigenvalue weighted by Crippen LogP contribution is -2.39. The van der Waals surface area contributed by atoms with E-state index in [9.17, 15) is 5.11 Å². The summed E-state index contributed by atoms with van der Waals surface area (Å²) in [5, 5.41) is 13.1. The number of aliphatic hydroxyl groups excluding tert-OH is 1. The van der Waals surface area contributed by atoms with Gasteiger partial charge in [0.2, 0.25) is 0 Å². The van der Waals surface area contributed by atoms with E-state index >= 15 is 0 Å². The Balaban J connectivity index is 1.61. The summed E-state index contributed by atoms with van der Waals surface area (Å²) in [4.78, 5) is 2.33. The molecule has 3 heteroatoms. The van der Waals surface area contributed by atoms with Gasteiger partial charge in [0.05, 0.1) is 0 Å². The topological polar surface area (TPSA) is 35.5 Å². The zero-order valence-electron chi connectivity index (χ0n) is 12.4. The normalized spacial score (nSPS) is 25.8. The van der Waals surface area contributed by atoms with E-state index in [0.717, 1.165) is 13.1 Å². The van der Waals surface area contributed by atoms with Crippen molar-refractivity contribution >= 4 is 5.69 Å². The van der Waals surface area contributed by atoms with Crippen molar-refractivity contribution < 1.29 is 5.11 Å². The Kier molecular flexibility index (Phi) is 4.27. The summed E-state index contributed by atoms with van der Waals surface area (Å²) in [5.74, 6) is 0.448. The summed E-state index contributed by atoms with van der Waals surface area (Å²) < 4.78 is 0. The molecular formula is C17H26N2O. The number of hydrogen-bond donors (Lipinski definition) is 2. The number of rotatable bonds is 4. The maximum absolute atomic E-state index is 9.47. The van der Waals surface area contributed by atoms with E-state index in [0.29, 0.717) is 18.6 Å². The van der Waals surface area contributed by atoms with Gasteiger partial charge in [0.15, 0.2) is 0 Å². The summed E-state index contributed by atoms with van der Waals surface area (Å²) in [7, 11) is 2.16. The van der Waals surface area contributed by atoms with Crippen LogP contribution in [0.15, 0.2) is 18.2 Å². The van der Waals surface area contributed by atoms with Gasteiger partial charge in [-0.25, -0.2) is 0 Å². The molecule has 0 aromatic heterocycles. The van der Waals surface area contributed by atoms with Crippen molar-refractivity contribution in [3.8, 4) is 0 Å². The Bertz CT molecular complexity index is 460. The number of fused-ring (bicyclic) bond motifs is 1. The van der Waals surface area contributed by atoms with Crippen LogP contribution in [0.2, 0.25) is 0 Å². The quantitative estimate of drug-likeness (QED) is 0.884. The number of benzene rings is 1. The summed E-state index contributed by atoms with van der Waals surface area (Å²) >= 11 is 0. The predicted molar refractivity (Wildman–Crippen MR) is 83.1 cm³/mol.